The van der Waals surface area contributed by atoms with Crippen LogP contribution >= 0.6 is 11.3 Å². The van der Waals surface area contributed by atoms with Crippen LogP contribution in [0.25, 0.3) is 27.3 Å². The van der Waals surface area contributed by atoms with E-state index in [-0.39, 0.29) is 0 Å². The third kappa shape index (κ3) is 2.29. The van der Waals surface area contributed by atoms with Crippen molar-refractivity contribution >= 4 is 27.2 Å². The molecule has 0 radical (unpaired) electrons. The molecular formula is C18H20N6S. The second-order valence-corrected chi connectivity index (χ2v) is 7.82. The molecule has 128 valence electrons. The van der Waals surface area contributed by atoms with E-state index < -0.39 is 0 Å². The number of hydrogen-bond donors (Lipinski definition) is 0. The highest BCUT2D eigenvalue weighted by Gasteiger charge is 2.24. The van der Waals surface area contributed by atoms with Crippen LogP contribution in [0.5, 0.6) is 0 Å². The molecule has 7 heteroatoms. The lowest BCUT2D eigenvalue weighted by molar-refractivity contribution is 0.451. The Morgan fingerprint density at radius 2 is 2.24 bits per heavy atom. The summed E-state index contributed by atoms with van der Waals surface area (Å²) in [7, 11) is 0. The molecule has 0 aliphatic heterocycles. The van der Waals surface area contributed by atoms with E-state index in [2.05, 4.69) is 29.0 Å². The van der Waals surface area contributed by atoms with Gasteiger partial charge in [0.15, 0.2) is 11.5 Å². The Labute approximate surface area is 149 Å². The summed E-state index contributed by atoms with van der Waals surface area (Å²) in [5.41, 5.74) is 3.33. The van der Waals surface area contributed by atoms with E-state index in [0.29, 0.717) is 0 Å². The van der Waals surface area contributed by atoms with Crippen molar-refractivity contribution in [1.82, 2.24) is 29.4 Å². The molecule has 1 atom stereocenters. The minimum Gasteiger partial charge on any atom is -0.272 e. The largest absolute Gasteiger partial charge is 0.272 e. The zero-order valence-corrected chi connectivity index (χ0v) is 15.3. The highest BCUT2D eigenvalue weighted by molar-refractivity contribution is 7.19. The van der Waals surface area contributed by atoms with Crippen molar-refractivity contribution in [2.24, 2.45) is 5.92 Å². The van der Waals surface area contributed by atoms with Crippen LogP contribution in [-0.2, 0) is 19.4 Å². The van der Waals surface area contributed by atoms with Gasteiger partial charge < -0.3 is 0 Å². The Kier molecular flexibility index (Phi) is 3.38. The summed E-state index contributed by atoms with van der Waals surface area (Å²) in [5.74, 6) is 1.53. The smallest absolute Gasteiger partial charge is 0.185 e. The van der Waals surface area contributed by atoms with E-state index in [1.165, 1.54) is 35.1 Å². The van der Waals surface area contributed by atoms with Crippen LogP contribution in [0.4, 0.5) is 0 Å². The fourth-order valence-corrected chi connectivity index (χ4v) is 5.06. The Hall–Kier alpha value is -2.28. The summed E-state index contributed by atoms with van der Waals surface area (Å²) in [4.78, 5) is 12.1. The summed E-state index contributed by atoms with van der Waals surface area (Å²) in [5, 5.41) is 10.2. The van der Waals surface area contributed by atoms with E-state index in [4.69, 9.17) is 4.98 Å². The highest BCUT2D eigenvalue weighted by atomic mass is 32.1. The van der Waals surface area contributed by atoms with Gasteiger partial charge in [-0.15, -0.1) is 16.4 Å². The topological polar surface area (TPSA) is 60.9 Å². The third-order valence-corrected chi connectivity index (χ3v) is 6.44. The maximum atomic E-state index is 4.84. The average molecular weight is 352 g/mol. The van der Waals surface area contributed by atoms with Gasteiger partial charge in [-0.1, -0.05) is 13.3 Å². The molecule has 1 aliphatic rings. The second kappa shape index (κ2) is 5.62. The van der Waals surface area contributed by atoms with Crippen molar-refractivity contribution in [2.75, 3.05) is 0 Å². The SMILES string of the molecule is CC[C@@H]1CCc2c(sc3ncn4nc(-c5cnn(CC)c5)nc4c23)C1. The zero-order chi connectivity index (χ0) is 17.0. The number of aryl methyl sites for hydroxylation is 2. The zero-order valence-electron chi connectivity index (χ0n) is 14.4. The maximum absolute atomic E-state index is 4.84. The summed E-state index contributed by atoms with van der Waals surface area (Å²) in [6.07, 6.45) is 10.5. The molecule has 4 heterocycles. The minimum atomic E-state index is 0.719. The quantitative estimate of drug-likeness (QED) is 0.563. The molecule has 0 fully saturated rings. The standard InChI is InChI=1S/C18H20N6S/c1-3-11-5-6-13-14(7-11)25-18-15(13)17-21-16(22-24(17)10-19-18)12-8-20-23(4-2)9-12/h8-11H,3-7H2,1-2H3/t11-/m1/s1. The molecule has 0 saturated carbocycles. The molecule has 0 unspecified atom stereocenters. The van der Waals surface area contributed by atoms with Crippen molar-refractivity contribution in [3.63, 3.8) is 0 Å². The molecule has 25 heavy (non-hydrogen) atoms. The molecule has 0 saturated heterocycles. The Bertz CT molecular complexity index is 1070. The van der Waals surface area contributed by atoms with E-state index in [1.807, 2.05) is 32.9 Å². The van der Waals surface area contributed by atoms with Crippen molar-refractivity contribution in [3.05, 3.63) is 29.2 Å². The first-order valence-corrected chi connectivity index (χ1v) is 9.77. The van der Waals surface area contributed by atoms with Crippen molar-refractivity contribution in [1.29, 1.82) is 0 Å². The van der Waals surface area contributed by atoms with Gasteiger partial charge in [0.2, 0.25) is 0 Å². The minimum absolute atomic E-state index is 0.719. The fraction of sp³-hybridized carbons (Fsp3) is 0.444. The molecule has 0 spiro atoms. The maximum Gasteiger partial charge on any atom is 0.185 e. The number of aromatic nitrogens is 6. The van der Waals surface area contributed by atoms with Gasteiger partial charge in [-0.2, -0.15) is 5.10 Å². The van der Waals surface area contributed by atoms with Gasteiger partial charge in [0, 0.05) is 17.6 Å². The molecular weight excluding hydrogens is 332 g/mol. The van der Waals surface area contributed by atoms with Crippen LogP contribution < -0.4 is 0 Å². The van der Waals surface area contributed by atoms with Gasteiger partial charge in [0.1, 0.15) is 11.2 Å². The van der Waals surface area contributed by atoms with Gasteiger partial charge in [-0.05, 0) is 37.7 Å². The van der Waals surface area contributed by atoms with Crippen molar-refractivity contribution in [3.8, 4) is 11.4 Å². The molecule has 1 aliphatic carbocycles. The van der Waals surface area contributed by atoms with E-state index in [1.54, 1.807) is 6.33 Å². The predicted molar refractivity (Wildman–Crippen MR) is 98.9 cm³/mol. The fourth-order valence-electron chi connectivity index (χ4n) is 3.77. The molecule has 5 rings (SSSR count). The first-order chi connectivity index (χ1) is 12.3. The van der Waals surface area contributed by atoms with E-state index in [0.717, 1.165) is 40.7 Å². The number of nitrogens with zero attached hydrogens (tertiary/aromatic N) is 6. The van der Waals surface area contributed by atoms with Gasteiger partial charge in [0.25, 0.3) is 0 Å². The van der Waals surface area contributed by atoms with Crippen molar-refractivity contribution in [2.45, 2.75) is 46.1 Å². The molecule has 0 bridgehead atoms. The molecule has 0 aromatic carbocycles. The molecule has 0 amide bonds. The first kappa shape index (κ1) is 15.0. The van der Waals surface area contributed by atoms with Crippen LogP contribution in [0, 0.1) is 5.92 Å². The van der Waals surface area contributed by atoms with Crippen LogP contribution in [0.2, 0.25) is 0 Å². The van der Waals surface area contributed by atoms with E-state index >= 15 is 0 Å². The Balaban J connectivity index is 1.68. The van der Waals surface area contributed by atoms with Crippen LogP contribution in [-0.4, -0.2) is 29.4 Å². The number of rotatable bonds is 3. The van der Waals surface area contributed by atoms with Gasteiger partial charge >= 0.3 is 0 Å². The number of fused-ring (bicyclic) bond motifs is 5. The normalized spacial score (nSPS) is 17.4. The van der Waals surface area contributed by atoms with Crippen LogP contribution in [0.3, 0.4) is 0 Å². The molecule has 6 nitrogen and oxygen atoms in total. The van der Waals surface area contributed by atoms with Gasteiger partial charge in [-0.3, -0.25) is 4.68 Å². The van der Waals surface area contributed by atoms with Gasteiger partial charge in [-0.25, -0.2) is 14.5 Å². The number of hydrogen-bond acceptors (Lipinski definition) is 5. The summed E-state index contributed by atoms with van der Waals surface area (Å²) in [6.45, 7) is 5.21. The average Bonchev–Trinajstić information content (AvgIpc) is 3.35. The molecule has 0 N–H and O–H groups in total. The predicted octanol–water partition coefficient (Wildman–Crippen LogP) is 3.74. The summed E-state index contributed by atoms with van der Waals surface area (Å²) < 4.78 is 3.71. The van der Waals surface area contributed by atoms with Crippen LogP contribution in [0.15, 0.2) is 18.7 Å². The van der Waals surface area contributed by atoms with Gasteiger partial charge in [0.05, 0.1) is 17.1 Å². The summed E-state index contributed by atoms with van der Waals surface area (Å²) >= 11 is 1.84. The monoisotopic (exact) mass is 352 g/mol. The van der Waals surface area contributed by atoms with E-state index in [9.17, 15) is 0 Å². The third-order valence-electron chi connectivity index (χ3n) is 5.28. The number of thiophene rings is 1. The van der Waals surface area contributed by atoms with Crippen LogP contribution in [0.1, 0.15) is 37.1 Å². The summed E-state index contributed by atoms with van der Waals surface area (Å²) in [6, 6.07) is 0. The lowest BCUT2D eigenvalue weighted by atomic mass is 9.86. The Morgan fingerprint density at radius 3 is 3.04 bits per heavy atom. The lowest BCUT2D eigenvalue weighted by Crippen LogP contribution is -2.11. The lowest BCUT2D eigenvalue weighted by Gasteiger charge is -2.20. The molecule has 4 aromatic rings. The first-order valence-electron chi connectivity index (χ1n) is 8.95. The molecule has 4 aromatic heterocycles. The highest BCUT2D eigenvalue weighted by Crippen LogP contribution is 2.39. The second-order valence-electron chi connectivity index (χ2n) is 6.73. The van der Waals surface area contributed by atoms with Crippen molar-refractivity contribution < 1.29 is 0 Å². The Morgan fingerprint density at radius 1 is 1.32 bits per heavy atom.